The Bertz CT molecular complexity index is 998. The van der Waals surface area contributed by atoms with Gasteiger partial charge in [-0.15, -0.1) is 0 Å². The Morgan fingerprint density at radius 1 is 0.378 bits per heavy atom. The number of carboxylic acid groups (broad SMARTS) is 3. The third kappa shape index (κ3) is 56.4. The topological polar surface area (TPSA) is 120 Å². The SMILES string of the molecule is C[N+](C)(C)C.C[N+](C)(C)C.C[N+](C)(C)C.O=C([O-])Cc1ccccc1.O=C([O-])Cc1ccccc1.O=C([O-])Cc1ccccc1. The van der Waals surface area contributed by atoms with Gasteiger partial charge in [0.25, 0.3) is 0 Å². The first-order valence-electron chi connectivity index (χ1n) is 14.4. The summed E-state index contributed by atoms with van der Waals surface area (Å²) < 4.78 is 3.00. The standard InChI is InChI=1S/3C8H8O2.3C4H12N/c3*9-8(10)6-7-4-2-1-3-5-7;3*1-5(2,3)4/h3*1-5H,6H2,(H,9,10);3*1-4H3/q;;;3*+1/p-3. The molecule has 252 valence electrons. The van der Waals surface area contributed by atoms with Crippen LogP contribution >= 0.6 is 0 Å². The highest BCUT2D eigenvalue weighted by Crippen LogP contribution is 1.99. The van der Waals surface area contributed by atoms with Gasteiger partial charge in [0.1, 0.15) is 0 Å². The second kappa shape index (κ2) is 24.3. The van der Waals surface area contributed by atoms with E-state index in [1.165, 1.54) is 0 Å². The number of aliphatic carboxylic acids is 3. The molecule has 0 radical (unpaired) electrons. The number of benzene rings is 3. The van der Waals surface area contributed by atoms with Crippen molar-refractivity contribution in [2.45, 2.75) is 19.3 Å². The zero-order valence-electron chi connectivity index (χ0n) is 29.6. The van der Waals surface area contributed by atoms with Crippen molar-refractivity contribution < 1.29 is 43.2 Å². The summed E-state index contributed by atoms with van der Waals surface area (Å²) in [6.45, 7) is 0. The lowest BCUT2D eigenvalue weighted by Crippen LogP contribution is -2.27. The predicted molar refractivity (Wildman–Crippen MR) is 177 cm³/mol. The van der Waals surface area contributed by atoms with Gasteiger partial charge in [0.05, 0.1) is 84.6 Å². The quantitative estimate of drug-likeness (QED) is 0.375. The van der Waals surface area contributed by atoms with E-state index in [9.17, 15) is 29.7 Å². The molecular weight excluding hydrogens is 570 g/mol. The molecule has 0 amide bonds. The highest BCUT2D eigenvalue weighted by atomic mass is 16.4. The fraction of sp³-hybridized carbons (Fsp3) is 0.417. The molecule has 0 N–H and O–H groups in total. The van der Waals surface area contributed by atoms with Crippen molar-refractivity contribution in [3.8, 4) is 0 Å². The molecule has 9 nitrogen and oxygen atoms in total. The summed E-state index contributed by atoms with van der Waals surface area (Å²) in [7, 11) is 25.5. The van der Waals surface area contributed by atoms with Crippen molar-refractivity contribution in [2.24, 2.45) is 0 Å². The fourth-order valence-electron chi connectivity index (χ4n) is 2.29. The first-order chi connectivity index (χ1) is 20.4. The number of quaternary nitrogens is 3. The molecule has 0 saturated carbocycles. The van der Waals surface area contributed by atoms with E-state index in [0.717, 1.165) is 30.1 Å². The zero-order chi connectivity index (χ0) is 35.7. The van der Waals surface area contributed by atoms with Crippen LogP contribution in [-0.2, 0) is 33.6 Å². The normalized spacial score (nSPS) is 10.1. The van der Waals surface area contributed by atoms with Gasteiger partial charge in [0.15, 0.2) is 0 Å². The molecule has 0 atom stereocenters. The largest absolute Gasteiger partial charge is 0.550 e. The number of carboxylic acids is 3. The van der Waals surface area contributed by atoms with Crippen LogP contribution in [0.15, 0.2) is 91.0 Å². The van der Waals surface area contributed by atoms with Gasteiger partial charge in [-0.05, 0) is 16.7 Å². The van der Waals surface area contributed by atoms with Gasteiger partial charge in [-0.25, -0.2) is 0 Å². The second-order valence-electron chi connectivity index (χ2n) is 14.2. The van der Waals surface area contributed by atoms with Gasteiger partial charge in [-0.3, -0.25) is 0 Å². The summed E-state index contributed by atoms with van der Waals surface area (Å²) in [4.78, 5) is 30.2. The van der Waals surface area contributed by atoms with Crippen LogP contribution in [0.2, 0.25) is 0 Å². The van der Waals surface area contributed by atoms with E-state index in [1.54, 1.807) is 72.8 Å². The van der Waals surface area contributed by atoms with Crippen molar-refractivity contribution >= 4 is 17.9 Å². The van der Waals surface area contributed by atoms with Gasteiger partial charge in [0, 0.05) is 37.2 Å². The molecule has 3 aromatic rings. The molecule has 0 unspecified atom stereocenters. The smallest absolute Gasteiger partial charge is 0.0675 e. The summed E-state index contributed by atoms with van der Waals surface area (Å²) in [6.07, 6.45) is 0.00250. The molecule has 0 bridgehead atoms. The minimum absolute atomic E-state index is 0.000833. The molecule has 0 spiro atoms. The van der Waals surface area contributed by atoms with Crippen molar-refractivity contribution in [1.82, 2.24) is 0 Å². The van der Waals surface area contributed by atoms with Crippen LogP contribution in [0.4, 0.5) is 0 Å². The Kier molecular flexibility index (Phi) is 24.5. The summed E-state index contributed by atoms with van der Waals surface area (Å²) in [5, 5.41) is 30.2. The number of hydrogen-bond acceptors (Lipinski definition) is 6. The molecule has 45 heavy (non-hydrogen) atoms. The number of carbonyl (C=O) groups excluding carboxylic acids is 3. The molecule has 0 aliphatic carbocycles. The predicted octanol–water partition coefficient (Wildman–Crippen LogP) is 0.904. The van der Waals surface area contributed by atoms with E-state index in [2.05, 4.69) is 84.6 Å². The number of nitrogens with zero attached hydrogens (tertiary/aromatic N) is 3. The van der Waals surface area contributed by atoms with E-state index in [4.69, 9.17) is 0 Å². The molecule has 0 fully saturated rings. The van der Waals surface area contributed by atoms with Crippen LogP contribution in [-0.4, -0.2) is 116 Å². The van der Waals surface area contributed by atoms with E-state index >= 15 is 0 Å². The molecule has 0 heterocycles. The Balaban J connectivity index is -0.000000486. The van der Waals surface area contributed by atoms with E-state index in [1.807, 2.05) is 18.2 Å². The molecule has 3 rings (SSSR count). The summed E-state index contributed by atoms with van der Waals surface area (Å²) in [6, 6.07) is 26.9. The van der Waals surface area contributed by atoms with Gasteiger partial charge in [-0.2, -0.15) is 0 Å². The Labute approximate surface area is 272 Å². The maximum atomic E-state index is 10.1. The van der Waals surface area contributed by atoms with Crippen LogP contribution in [0.3, 0.4) is 0 Å². The highest BCUT2D eigenvalue weighted by Gasteiger charge is 1.91. The maximum Gasteiger partial charge on any atom is 0.0675 e. The Morgan fingerprint density at radius 3 is 0.622 bits per heavy atom. The molecule has 3 aromatic carbocycles. The minimum Gasteiger partial charge on any atom is -0.550 e. The van der Waals surface area contributed by atoms with Crippen LogP contribution in [0.5, 0.6) is 0 Å². The van der Waals surface area contributed by atoms with Crippen LogP contribution in [0.1, 0.15) is 16.7 Å². The molecule has 9 heteroatoms. The molecule has 0 saturated heterocycles. The monoisotopic (exact) mass is 627 g/mol. The van der Waals surface area contributed by atoms with Crippen molar-refractivity contribution in [3.05, 3.63) is 108 Å². The average molecular weight is 628 g/mol. The van der Waals surface area contributed by atoms with Gasteiger partial charge >= 0.3 is 0 Å². The molecule has 0 aromatic heterocycles. The van der Waals surface area contributed by atoms with Crippen LogP contribution in [0.25, 0.3) is 0 Å². The minimum atomic E-state index is -1.04. The van der Waals surface area contributed by atoms with Crippen molar-refractivity contribution in [3.63, 3.8) is 0 Å². The lowest BCUT2D eigenvalue weighted by Gasteiger charge is -2.14. The summed E-state index contributed by atoms with van der Waals surface area (Å²) >= 11 is 0. The summed E-state index contributed by atoms with van der Waals surface area (Å²) in [5.41, 5.74) is 2.34. The van der Waals surface area contributed by atoms with Gasteiger partial charge in [-0.1, -0.05) is 91.0 Å². The van der Waals surface area contributed by atoms with E-state index < -0.39 is 17.9 Å². The lowest BCUT2D eigenvalue weighted by atomic mass is 10.2. The number of rotatable bonds is 6. The molecule has 0 aliphatic heterocycles. The summed E-state index contributed by atoms with van der Waals surface area (Å²) in [5.74, 6) is -3.11. The van der Waals surface area contributed by atoms with Crippen LogP contribution < -0.4 is 15.3 Å². The third-order valence-electron chi connectivity index (χ3n) is 3.57. The molecule has 0 aliphatic rings. The molecular formula is C36H57N3O6. The number of carbonyl (C=O) groups is 3. The Morgan fingerprint density at radius 2 is 0.511 bits per heavy atom. The highest BCUT2D eigenvalue weighted by molar-refractivity contribution is 5.68. The third-order valence-corrected chi connectivity index (χ3v) is 3.57. The average Bonchev–Trinajstić information content (AvgIpc) is 2.83. The van der Waals surface area contributed by atoms with Gasteiger partial charge in [0.2, 0.25) is 0 Å². The van der Waals surface area contributed by atoms with E-state index in [0.29, 0.717) is 0 Å². The van der Waals surface area contributed by atoms with E-state index in [-0.39, 0.29) is 19.3 Å². The lowest BCUT2D eigenvalue weighted by molar-refractivity contribution is -0.849. The first kappa shape index (κ1) is 45.4. The second-order valence-corrected chi connectivity index (χ2v) is 14.2. The fourth-order valence-corrected chi connectivity index (χ4v) is 2.29. The van der Waals surface area contributed by atoms with Crippen molar-refractivity contribution in [2.75, 3.05) is 84.6 Å². The van der Waals surface area contributed by atoms with Gasteiger partial charge < -0.3 is 43.2 Å². The maximum absolute atomic E-state index is 10.1. The van der Waals surface area contributed by atoms with Crippen LogP contribution in [0, 0.1) is 0 Å². The zero-order valence-corrected chi connectivity index (χ0v) is 29.6. The Hall–Kier alpha value is -4.05. The van der Waals surface area contributed by atoms with Crippen molar-refractivity contribution in [1.29, 1.82) is 0 Å². The number of hydrogen-bond donors (Lipinski definition) is 0. The first-order valence-corrected chi connectivity index (χ1v) is 14.4.